The van der Waals surface area contributed by atoms with Crippen molar-refractivity contribution in [3.05, 3.63) is 12.4 Å². The number of aliphatic carboxylic acids is 1. The summed E-state index contributed by atoms with van der Waals surface area (Å²) in [7, 11) is -3.77. The van der Waals surface area contributed by atoms with Gasteiger partial charge in [0.05, 0.1) is 11.9 Å². The molecule has 1 aliphatic heterocycles. The lowest BCUT2D eigenvalue weighted by atomic mass is 10.4. The van der Waals surface area contributed by atoms with Gasteiger partial charge in [0.15, 0.2) is 0 Å². The molecule has 0 saturated carbocycles. The van der Waals surface area contributed by atoms with E-state index in [-0.39, 0.29) is 25.4 Å². The maximum Gasteiger partial charge on any atom is 0.325 e. The molecule has 1 aromatic rings. The van der Waals surface area contributed by atoms with Crippen LogP contribution in [-0.2, 0) is 26.2 Å². The van der Waals surface area contributed by atoms with Crippen molar-refractivity contribution in [3.8, 4) is 0 Å². The second-order valence-electron chi connectivity index (χ2n) is 4.21. The first kappa shape index (κ1) is 13.5. The first-order chi connectivity index (χ1) is 8.77. The third-order valence-corrected chi connectivity index (χ3v) is 4.03. The third-order valence-electron chi connectivity index (χ3n) is 2.78. The van der Waals surface area contributed by atoms with Gasteiger partial charge in [0.1, 0.15) is 11.8 Å². The van der Waals surface area contributed by atoms with Gasteiger partial charge in [-0.15, -0.1) is 0 Å². The second-order valence-corrected chi connectivity index (χ2v) is 6.05. The van der Waals surface area contributed by atoms with Crippen molar-refractivity contribution in [1.82, 2.24) is 9.78 Å². The Balaban J connectivity index is 2.17. The fourth-order valence-corrected chi connectivity index (χ4v) is 2.59. The highest BCUT2D eigenvalue weighted by molar-refractivity contribution is 7.89. The van der Waals surface area contributed by atoms with Crippen LogP contribution in [0.15, 0.2) is 12.4 Å². The van der Waals surface area contributed by atoms with Crippen LogP contribution in [0.3, 0.4) is 0 Å². The standard InChI is InChI=1S/C9H12N4O5S/c10-19(17,18)7-1-8(14)13(4-7)6-2-11-12(3-6)5-9(15)16/h2-3,7H,1,4-5H2,(H,15,16)(H2,10,17,18). The number of primary sulfonamides is 1. The van der Waals surface area contributed by atoms with Gasteiger partial charge in [-0.1, -0.05) is 0 Å². The van der Waals surface area contributed by atoms with Crippen LogP contribution in [0.2, 0.25) is 0 Å². The molecule has 1 saturated heterocycles. The number of nitrogens with zero attached hydrogens (tertiary/aromatic N) is 3. The quantitative estimate of drug-likeness (QED) is 0.682. The van der Waals surface area contributed by atoms with E-state index in [1.54, 1.807) is 0 Å². The minimum atomic E-state index is -3.77. The highest BCUT2D eigenvalue weighted by Crippen LogP contribution is 2.23. The van der Waals surface area contributed by atoms with E-state index in [0.29, 0.717) is 5.69 Å². The van der Waals surface area contributed by atoms with Crippen LogP contribution in [0, 0.1) is 0 Å². The van der Waals surface area contributed by atoms with Crippen molar-refractivity contribution in [3.63, 3.8) is 0 Å². The predicted octanol–water partition coefficient (Wildman–Crippen LogP) is -1.64. The molecule has 0 spiro atoms. The zero-order valence-corrected chi connectivity index (χ0v) is 10.6. The number of carboxylic acid groups (broad SMARTS) is 1. The normalized spacial score (nSPS) is 19.9. The van der Waals surface area contributed by atoms with Gasteiger partial charge in [0, 0.05) is 19.2 Å². The largest absolute Gasteiger partial charge is 0.480 e. The number of carboxylic acids is 1. The lowest BCUT2D eigenvalue weighted by molar-refractivity contribution is -0.137. The summed E-state index contributed by atoms with van der Waals surface area (Å²) in [6, 6.07) is 0. The minimum Gasteiger partial charge on any atom is -0.480 e. The number of amides is 1. The number of rotatable bonds is 4. The van der Waals surface area contributed by atoms with Crippen LogP contribution in [0.25, 0.3) is 0 Å². The summed E-state index contributed by atoms with van der Waals surface area (Å²) in [5.74, 6) is -1.45. The number of hydrogen-bond acceptors (Lipinski definition) is 5. The Morgan fingerprint density at radius 3 is 2.79 bits per heavy atom. The summed E-state index contributed by atoms with van der Waals surface area (Å²) in [5.41, 5.74) is 0.359. The molecule has 1 aliphatic rings. The number of aromatic nitrogens is 2. The Hall–Kier alpha value is -1.94. The van der Waals surface area contributed by atoms with Crippen molar-refractivity contribution in [2.24, 2.45) is 5.14 Å². The van der Waals surface area contributed by atoms with Crippen LogP contribution in [-0.4, -0.2) is 47.0 Å². The average Bonchev–Trinajstić information content (AvgIpc) is 2.82. The van der Waals surface area contributed by atoms with Gasteiger partial charge in [-0.25, -0.2) is 13.6 Å². The monoisotopic (exact) mass is 288 g/mol. The minimum absolute atomic E-state index is 0.0452. The zero-order valence-electron chi connectivity index (χ0n) is 9.76. The Bertz CT molecular complexity index is 622. The van der Waals surface area contributed by atoms with Crippen LogP contribution in [0.1, 0.15) is 6.42 Å². The Labute approximate surface area is 108 Å². The summed E-state index contributed by atoms with van der Waals surface area (Å²) >= 11 is 0. The molecule has 3 N–H and O–H groups in total. The first-order valence-corrected chi connectivity index (χ1v) is 6.94. The molecule has 1 fully saturated rings. The zero-order chi connectivity index (χ0) is 14.2. The molecule has 2 rings (SSSR count). The van der Waals surface area contributed by atoms with Gasteiger partial charge in [0.2, 0.25) is 15.9 Å². The van der Waals surface area contributed by atoms with Crippen molar-refractivity contribution < 1.29 is 23.1 Å². The maximum atomic E-state index is 11.7. The van der Waals surface area contributed by atoms with Gasteiger partial charge in [0.25, 0.3) is 0 Å². The molecule has 9 nitrogen and oxygen atoms in total. The summed E-state index contributed by atoms with van der Waals surface area (Å²) in [4.78, 5) is 23.5. The molecular formula is C9H12N4O5S. The molecule has 0 radical (unpaired) electrons. The lowest BCUT2D eigenvalue weighted by Crippen LogP contribution is -2.32. The van der Waals surface area contributed by atoms with Gasteiger partial charge >= 0.3 is 5.97 Å². The third kappa shape index (κ3) is 2.90. The number of hydrogen-bond donors (Lipinski definition) is 2. The van der Waals surface area contributed by atoms with Crippen LogP contribution < -0.4 is 10.0 Å². The van der Waals surface area contributed by atoms with Crippen molar-refractivity contribution >= 4 is 27.6 Å². The second kappa shape index (κ2) is 4.63. The molecule has 0 bridgehead atoms. The molecule has 104 valence electrons. The van der Waals surface area contributed by atoms with E-state index in [0.717, 1.165) is 4.68 Å². The van der Waals surface area contributed by atoms with Crippen molar-refractivity contribution in [2.45, 2.75) is 18.2 Å². The molecule has 19 heavy (non-hydrogen) atoms. The number of anilines is 1. The van der Waals surface area contributed by atoms with Gasteiger partial charge in [-0.3, -0.25) is 14.3 Å². The number of carbonyl (C=O) groups excluding carboxylic acids is 1. The van der Waals surface area contributed by atoms with E-state index >= 15 is 0 Å². The predicted molar refractivity (Wildman–Crippen MR) is 63.7 cm³/mol. The van der Waals surface area contributed by atoms with E-state index in [1.807, 2.05) is 0 Å². The average molecular weight is 288 g/mol. The summed E-state index contributed by atoms with van der Waals surface area (Å²) < 4.78 is 23.6. The fraction of sp³-hybridized carbons (Fsp3) is 0.444. The van der Waals surface area contributed by atoms with Crippen molar-refractivity contribution in [1.29, 1.82) is 0 Å². The highest BCUT2D eigenvalue weighted by Gasteiger charge is 2.37. The molecule has 1 unspecified atom stereocenters. The molecule has 2 heterocycles. The number of nitrogens with two attached hydrogens (primary N) is 1. The SMILES string of the molecule is NS(=O)(=O)C1CC(=O)N(c2cnn(CC(=O)O)c2)C1. The van der Waals surface area contributed by atoms with Crippen LogP contribution in [0.5, 0.6) is 0 Å². The van der Waals surface area contributed by atoms with E-state index < -0.39 is 21.2 Å². The molecule has 1 atom stereocenters. The van der Waals surface area contributed by atoms with E-state index in [1.165, 1.54) is 17.3 Å². The topological polar surface area (TPSA) is 136 Å². The van der Waals surface area contributed by atoms with Gasteiger partial charge in [-0.2, -0.15) is 5.10 Å². The van der Waals surface area contributed by atoms with Crippen LogP contribution >= 0.6 is 0 Å². The Morgan fingerprint density at radius 2 is 2.26 bits per heavy atom. The number of sulfonamides is 1. The molecule has 0 aromatic carbocycles. The van der Waals surface area contributed by atoms with E-state index in [4.69, 9.17) is 10.2 Å². The summed E-state index contributed by atoms with van der Waals surface area (Å²) in [6.07, 6.45) is 2.51. The smallest absolute Gasteiger partial charge is 0.325 e. The highest BCUT2D eigenvalue weighted by atomic mass is 32.2. The fourth-order valence-electron chi connectivity index (χ4n) is 1.86. The van der Waals surface area contributed by atoms with Gasteiger partial charge < -0.3 is 10.0 Å². The Morgan fingerprint density at radius 1 is 1.58 bits per heavy atom. The lowest BCUT2D eigenvalue weighted by Gasteiger charge is -2.13. The summed E-state index contributed by atoms with van der Waals surface area (Å²) in [6.45, 7) is -0.378. The molecule has 0 aliphatic carbocycles. The van der Waals surface area contributed by atoms with E-state index in [2.05, 4.69) is 5.10 Å². The molecule has 1 aromatic heterocycles. The molecule has 10 heteroatoms. The first-order valence-electron chi connectivity index (χ1n) is 5.33. The van der Waals surface area contributed by atoms with Gasteiger partial charge in [-0.05, 0) is 0 Å². The number of carbonyl (C=O) groups is 2. The molecule has 1 amide bonds. The van der Waals surface area contributed by atoms with Crippen LogP contribution in [0.4, 0.5) is 5.69 Å². The summed E-state index contributed by atoms with van der Waals surface area (Å²) in [5, 5.41) is 16.5. The molecular weight excluding hydrogens is 276 g/mol. The van der Waals surface area contributed by atoms with Crippen molar-refractivity contribution in [2.75, 3.05) is 11.4 Å². The maximum absolute atomic E-state index is 11.7. The van der Waals surface area contributed by atoms with E-state index in [9.17, 15) is 18.0 Å². The Kier molecular flexibility index (Phi) is 3.28.